The number of hydrogen-bond donors (Lipinski definition) is 0. The van der Waals surface area contributed by atoms with E-state index in [0.717, 1.165) is 36.0 Å². The number of aliphatic imine (C=N–C) groups is 1. The molecule has 2 heterocycles. The Bertz CT molecular complexity index is 879. The number of benzene rings is 1. The van der Waals surface area contributed by atoms with Gasteiger partial charge in [0.25, 0.3) is 11.8 Å². The normalized spacial score (nSPS) is 20.1. The van der Waals surface area contributed by atoms with E-state index in [1.54, 1.807) is 12.2 Å². The Morgan fingerprint density at radius 3 is 2.88 bits per heavy atom. The first-order valence-corrected chi connectivity index (χ1v) is 7.97. The average Bonchev–Trinajstić information content (AvgIpc) is 3.01. The number of Topliss-reactive ketones (excluding diaryl/α,β-unsaturated/α-hetero) is 1. The van der Waals surface area contributed by atoms with Crippen molar-refractivity contribution in [3.05, 3.63) is 47.3 Å². The molecule has 1 aliphatic carbocycles. The van der Waals surface area contributed by atoms with Crippen LogP contribution in [-0.4, -0.2) is 28.0 Å². The van der Waals surface area contributed by atoms with Gasteiger partial charge >= 0.3 is 0 Å². The Hall–Kier alpha value is -2.89. The molecule has 1 aromatic carbocycles. The maximum absolute atomic E-state index is 12.1. The summed E-state index contributed by atoms with van der Waals surface area (Å²) in [5.41, 5.74) is 2.57. The highest BCUT2D eigenvalue weighted by molar-refractivity contribution is 5.98. The van der Waals surface area contributed by atoms with E-state index in [9.17, 15) is 9.59 Å². The lowest BCUT2D eigenvalue weighted by atomic mass is 9.99. The number of fused-ring (bicyclic) bond motifs is 1. The van der Waals surface area contributed by atoms with Crippen molar-refractivity contribution in [3.63, 3.8) is 0 Å². The number of hydrogen-bond acceptors (Lipinski definition) is 5. The van der Waals surface area contributed by atoms with Crippen LogP contribution in [0, 0.1) is 0 Å². The monoisotopic (exact) mass is 321 g/mol. The molecular formula is C18H15N3O3. The number of nitrogens with zero attached hydrogens (tertiary/aromatic N) is 3. The number of dihydropyridines is 1. The minimum atomic E-state index is -0.602. The van der Waals surface area contributed by atoms with Crippen LogP contribution in [0.15, 0.2) is 39.9 Å². The van der Waals surface area contributed by atoms with Crippen molar-refractivity contribution < 1.29 is 14.1 Å². The van der Waals surface area contributed by atoms with Gasteiger partial charge in [0.05, 0.1) is 0 Å². The first-order valence-electron chi connectivity index (χ1n) is 7.97. The fourth-order valence-electron chi connectivity index (χ4n) is 3.06. The Morgan fingerprint density at radius 2 is 2.00 bits per heavy atom. The van der Waals surface area contributed by atoms with Crippen molar-refractivity contribution in [2.24, 2.45) is 4.99 Å². The van der Waals surface area contributed by atoms with E-state index in [4.69, 9.17) is 4.52 Å². The second kappa shape index (κ2) is 5.96. The summed E-state index contributed by atoms with van der Waals surface area (Å²) in [6.45, 7) is 0. The minimum Gasteiger partial charge on any atom is -0.334 e. The Morgan fingerprint density at radius 1 is 1.12 bits per heavy atom. The summed E-state index contributed by atoms with van der Waals surface area (Å²) in [5.74, 6) is -0.0716. The zero-order chi connectivity index (χ0) is 16.5. The van der Waals surface area contributed by atoms with E-state index in [-0.39, 0.29) is 11.7 Å². The number of aryl methyl sites for hydroxylation is 1. The summed E-state index contributed by atoms with van der Waals surface area (Å²) in [6, 6.07) is 5.58. The lowest BCUT2D eigenvalue weighted by Crippen LogP contribution is -2.12. The van der Waals surface area contributed by atoms with Crippen LogP contribution in [-0.2, 0) is 11.2 Å². The van der Waals surface area contributed by atoms with Gasteiger partial charge in [-0.2, -0.15) is 4.98 Å². The summed E-state index contributed by atoms with van der Waals surface area (Å²) in [6.07, 6.45) is 8.22. The highest BCUT2D eigenvalue weighted by Gasteiger charge is 2.25. The lowest BCUT2D eigenvalue weighted by molar-refractivity contribution is -0.118. The fourth-order valence-corrected chi connectivity index (χ4v) is 3.06. The SMILES string of the molecule is O=C1CCCCc2cc(-c3nc(C4C=CC=NC4=O)no3)ccc21. The summed E-state index contributed by atoms with van der Waals surface area (Å²) in [5, 5.41) is 3.91. The predicted molar refractivity (Wildman–Crippen MR) is 87.0 cm³/mol. The van der Waals surface area contributed by atoms with Gasteiger partial charge in [-0.15, -0.1) is 0 Å². The topological polar surface area (TPSA) is 85.4 Å². The van der Waals surface area contributed by atoms with E-state index in [2.05, 4.69) is 15.1 Å². The molecule has 0 saturated carbocycles. The number of carbonyl (C=O) groups excluding carboxylic acids is 2. The molecule has 24 heavy (non-hydrogen) atoms. The predicted octanol–water partition coefficient (Wildman–Crippen LogP) is 2.90. The largest absolute Gasteiger partial charge is 0.334 e. The van der Waals surface area contributed by atoms with Gasteiger partial charge in [-0.3, -0.25) is 9.59 Å². The van der Waals surface area contributed by atoms with Crippen LogP contribution in [0.1, 0.15) is 46.9 Å². The molecule has 0 fully saturated rings. The van der Waals surface area contributed by atoms with E-state index in [1.165, 1.54) is 6.21 Å². The van der Waals surface area contributed by atoms with Gasteiger partial charge in [-0.1, -0.05) is 17.3 Å². The summed E-state index contributed by atoms with van der Waals surface area (Å²) in [7, 11) is 0. The van der Waals surface area contributed by atoms with Crippen LogP contribution in [0.4, 0.5) is 0 Å². The number of allylic oxidation sites excluding steroid dienone is 1. The maximum atomic E-state index is 12.1. The van der Waals surface area contributed by atoms with Gasteiger partial charge < -0.3 is 4.52 Å². The van der Waals surface area contributed by atoms with E-state index in [0.29, 0.717) is 18.1 Å². The first kappa shape index (κ1) is 14.7. The summed E-state index contributed by atoms with van der Waals surface area (Å²) < 4.78 is 5.32. The number of aromatic nitrogens is 2. The van der Waals surface area contributed by atoms with Crippen LogP contribution in [0.3, 0.4) is 0 Å². The number of carbonyl (C=O) groups is 2. The molecule has 0 spiro atoms. The molecule has 0 radical (unpaired) electrons. The third-order valence-corrected chi connectivity index (χ3v) is 4.33. The van der Waals surface area contributed by atoms with Gasteiger partial charge in [0.1, 0.15) is 5.92 Å². The molecule has 1 unspecified atom stereocenters. The van der Waals surface area contributed by atoms with Crippen molar-refractivity contribution in [2.45, 2.75) is 31.6 Å². The zero-order valence-electron chi connectivity index (χ0n) is 12.9. The van der Waals surface area contributed by atoms with Gasteiger partial charge in [-0.05, 0) is 43.0 Å². The standard InChI is InChI=1S/C18H15N3O3/c22-15-6-2-1-4-11-10-12(7-8-13(11)15)18-20-16(21-24-18)14-5-3-9-19-17(14)23/h3,5,7-10,14H,1-2,4,6H2. The Balaban J connectivity index is 1.67. The molecular weight excluding hydrogens is 306 g/mol. The summed E-state index contributed by atoms with van der Waals surface area (Å²) in [4.78, 5) is 32.0. The van der Waals surface area contributed by atoms with E-state index >= 15 is 0 Å². The number of rotatable bonds is 2. The maximum Gasteiger partial charge on any atom is 0.260 e. The van der Waals surface area contributed by atoms with E-state index < -0.39 is 5.92 Å². The molecule has 0 N–H and O–H groups in total. The number of ketones is 1. The molecule has 2 aromatic rings. The first-order chi connectivity index (χ1) is 11.7. The smallest absolute Gasteiger partial charge is 0.260 e. The molecule has 0 bridgehead atoms. The van der Waals surface area contributed by atoms with Gasteiger partial charge in [0, 0.05) is 23.8 Å². The van der Waals surface area contributed by atoms with Gasteiger partial charge in [0.2, 0.25) is 0 Å². The molecule has 6 nitrogen and oxygen atoms in total. The van der Waals surface area contributed by atoms with Crippen LogP contribution in [0.2, 0.25) is 0 Å². The number of amides is 1. The summed E-state index contributed by atoms with van der Waals surface area (Å²) >= 11 is 0. The fraction of sp³-hybridized carbons (Fsp3) is 0.278. The third-order valence-electron chi connectivity index (χ3n) is 4.33. The molecule has 1 aromatic heterocycles. The molecule has 120 valence electrons. The highest BCUT2D eigenvalue weighted by Crippen LogP contribution is 2.27. The Kier molecular flexibility index (Phi) is 3.65. The Labute approximate surface area is 138 Å². The lowest BCUT2D eigenvalue weighted by Gasteiger charge is -2.06. The van der Waals surface area contributed by atoms with Crippen LogP contribution < -0.4 is 0 Å². The van der Waals surface area contributed by atoms with Crippen molar-refractivity contribution in [1.29, 1.82) is 0 Å². The van der Waals surface area contributed by atoms with Crippen LogP contribution in [0.5, 0.6) is 0 Å². The minimum absolute atomic E-state index is 0.191. The van der Waals surface area contributed by atoms with Crippen LogP contribution >= 0.6 is 0 Å². The molecule has 6 heteroatoms. The molecule has 2 aliphatic rings. The second-order valence-corrected chi connectivity index (χ2v) is 5.94. The van der Waals surface area contributed by atoms with Gasteiger partial charge in [-0.25, -0.2) is 4.99 Å². The van der Waals surface area contributed by atoms with Crippen molar-refractivity contribution in [3.8, 4) is 11.5 Å². The quantitative estimate of drug-likeness (QED) is 0.794. The average molecular weight is 321 g/mol. The molecule has 0 saturated heterocycles. The van der Waals surface area contributed by atoms with E-state index in [1.807, 2.05) is 18.2 Å². The van der Waals surface area contributed by atoms with Crippen molar-refractivity contribution in [1.82, 2.24) is 10.1 Å². The molecule has 1 aliphatic heterocycles. The highest BCUT2D eigenvalue weighted by atomic mass is 16.5. The van der Waals surface area contributed by atoms with Crippen molar-refractivity contribution in [2.75, 3.05) is 0 Å². The zero-order valence-corrected chi connectivity index (χ0v) is 12.9. The van der Waals surface area contributed by atoms with Crippen LogP contribution in [0.25, 0.3) is 11.5 Å². The van der Waals surface area contributed by atoms with Gasteiger partial charge in [0.15, 0.2) is 11.6 Å². The molecule has 1 amide bonds. The molecule has 4 rings (SSSR count). The van der Waals surface area contributed by atoms with Crippen molar-refractivity contribution >= 4 is 17.9 Å². The second-order valence-electron chi connectivity index (χ2n) is 5.94. The third kappa shape index (κ3) is 2.60. The molecule has 1 atom stereocenters.